The number of hydrogen-bond donors (Lipinski definition) is 4. The Hall–Kier alpha value is -6.06. The number of rotatable bonds is 11. The molecule has 4 aromatic carbocycles. The number of benzene rings is 4. The molecular formula is C55H64N4O10. The van der Waals surface area contributed by atoms with E-state index < -0.39 is 36.2 Å². The van der Waals surface area contributed by atoms with E-state index in [1.807, 2.05) is 54.8 Å². The molecule has 11 rings (SSSR count). The Morgan fingerprint density at radius 3 is 1.58 bits per heavy atom. The molecule has 0 radical (unpaired) electrons. The largest absolute Gasteiger partial charge is 0.454 e. The highest BCUT2D eigenvalue weighted by atomic mass is 16.7. The first-order valence-corrected chi connectivity index (χ1v) is 23.7. The molecule has 3 fully saturated rings. The van der Waals surface area contributed by atoms with Gasteiger partial charge in [0.25, 0.3) is 0 Å². The third-order valence-electron chi connectivity index (χ3n) is 13.9. The number of nitrogens with one attached hydrogen (secondary N) is 2. The number of fused-ring (bicyclic) bond motifs is 4. The van der Waals surface area contributed by atoms with Crippen LogP contribution in [0.5, 0.6) is 23.0 Å². The molecule has 2 amide bonds. The molecule has 2 atom stereocenters. The zero-order valence-electron chi connectivity index (χ0n) is 44.4. The number of ether oxygens (including phenoxy) is 6. The lowest BCUT2D eigenvalue weighted by atomic mass is 9.92. The third-order valence-corrected chi connectivity index (χ3v) is 13.9. The summed E-state index contributed by atoms with van der Waals surface area (Å²) in [5.74, 6) is 0.523. The molecule has 5 heterocycles. The molecule has 14 nitrogen and oxygen atoms in total. The number of carbonyl (C=O) groups excluding carboxylic acids is 2. The summed E-state index contributed by atoms with van der Waals surface area (Å²) in [6.45, 7) is 13.6. The van der Waals surface area contributed by atoms with Crippen LogP contribution in [0.3, 0.4) is 0 Å². The fourth-order valence-corrected chi connectivity index (χ4v) is 9.86. The van der Waals surface area contributed by atoms with Gasteiger partial charge in [0.1, 0.15) is 11.6 Å². The Labute approximate surface area is 408 Å². The van der Waals surface area contributed by atoms with Gasteiger partial charge in [-0.2, -0.15) is 0 Å². The molecule has 6 aromatic rings. The van der Waals surface area contributed by atoms with Gasteiger partial charge in [0.15, 0.2) is 28.8 Å². The molecule has 69 heavy (non-hydrogen) atoms. The van der Waals surface area contributed by atoms with Crippen molar-refractivity contribution in [2.45, 2.75) is 134 Å². The van der Waals surface area contributed by atoms with E-state index in [0.717, 1.165) is 57.2 Å². The van der Waals surface area contributed by atoms with Crippen molar-refractivity contribution in [3.05, 3.63) is 107 Å². The van der Waals surface area contributed by atoms with E-state index in [-0.39, 0.29) is 41.9 Å². The maximum Gasteiger partial charge on any atom is 0.235 e. The minimum absolute atomic E-state index is 0.0345. The van der Waals surface area contributed by atoms with Gasteiger partial charge < -0.3 is 58.4 Å². The van der Waals surface area contributed by atoms with Crippen LogP contribution in [0, 0.1) is 0 Å². The van der Waals surface area contributed by atoms with Crippen molar-refractivity contribution < 1.29 is 53.7 Å². The molecule has 5 aliphatic rings. The summed E-state index contributed by atoms with van der Waals surface area (Å²) < 4.78 is 67.6. The second kappa shape index (κ2) is 17.1. The lowest BCUT2D eigenvalue weighted by Gasteiger charge is -2.24. The number of hydrogen-bond acceptors (Lipinski definition) is 10. The van der Waals surface area contributed by atoms with Crippen molar-refractivity contribution in [1.29, 1.82) is 0 Å². The first-order valence-electron chi connectivity index (χ1n) is 25.7. The van der Waals surface area contributed by atoms with E-state index in [2.05, 4.69) is 74.9 Å². The van der Waals surface area contributed by atoms with E-state index in [1.165, 1.54) is 5.69 Å². The van der Waals surface area contributed by atoms with E-state index in [1.54, 1.807) is 30.3 Å². The van der Waals surface area contributed by atoms with Crippen LogP contribution in [0.15, 0.2) is 84.9 Å². The molecule has 0 bridgehead atoms. The van der Waals surface area contributed by atoms with Gasteiger partial charge in [0.05, 0.1) is 43.2 Å². The number of amides is 2. The topological polar surface area (TPSA) is 164 Å². The molecule has 2 aromatic heterocycles. The number of aliphatic hydroxyl groups excluding tert-OH is 2. The van der Waals surface area contributed by atoms with Crippen LogP contribution in [0.1, 0.15) is 109 Å². The van der Waals surface area contributed by atoms with E-state index in [0.29, 0.717) is 54.7 Å². The lowest BCUT2D eigenvalue weighted by molar-refractivity contribution is -0.139. The molecule has 14 heteroatoms. The SMILES string of the molecule is [2H]C1([2H])Oc2ccc(C3(C(=O)Nc4ccc5c(c4)cc(C(C)(C)C)n5C[C@@H](O)CO)CC3)cc2O1.[2H]C1([2H])Oc2ccc(C3(C(=O)Nc4ccc5c(c4)cc(C(C)(C)C)n5C[C@@H]4COC(C)(C)O4)CC3)cc2O1. The van der Waals surface area contributed by atoms with Crippen molar-refractivity contribution in [2.24, 2.45) is 0 Å². The van der Waals surface area contributed by atoms with Crippen LogP contribution in [0.2, 0.25) is 0 Å². The molecule has 4 N–H and O–H groups in total. The highest BCUT2D eigenvalue weighted by Gasteiger charge is 2.53. The smallest absolute Gasteiger partial charge is 0.235 e. The van der Waals surface area contributed by atoms with Gasteiger partial charge in [-0.05, 0) is 123 Å². The zero-order valence-corrected chi connectivity index (χ0v) is 40.4. The van der Waals surface area contributed by atoms with Crippen molar-refractivity contribution in [3.8, 4) is 23.0 Å². The van der Waals surface area contributed by atoms with E-state index >= 15 is 0 Å². The maximum absolute atomic E-state index is 13.5. The van der Waals surface area contributed by atoms with Gasteiger partial charge in [-0.15, -0.1) is 0 Å². The molecule has 2 aliphatic carbocycles. The molecule has 1 saturated heterocycles. The molecule has 0 spiro atoms. The van der Waals surface area contributed by atoms with Crippen LogP contribution < -0.4 is 29.6 Å². The highest BCUT2D eigenvalue weighted by molar-refractivity contribution is 6.04. The predicted octanol–water partition coefficient (Wildman–Crippen LogP) is 9.18. The summed E-state index contributed by atoms with van der Waals surface area (Å²) in [4.78, 5) is 26.8. The fraction of sp³-hybridized carbons (Fsp3) is 0.455. The highest BCUT2D eigenvalue weighted by Crippen LogP contribution is 2.52. The Kier molecular flexibility index (Phi) is 10.4. The maximum atomic E-state index is 13.5. The van der Waals surface area contributed by atoms with E-state index in [9.17, 15) is 19.8 Å². The Morgan fingerprint density at radius 1 is 0.681 bits per heavy atom. The van der Waals surface area contributed by atoms with Crippen LogP contribution in [-0.2, 0) is 53.8 Å². The van der Waals surface area contributed by atoms with Crippen molar-refractivity contribution in [1.82, 2.24) is 9.13 Å². The van der Waals surface area contributed by atoms with Gasteiger partial charge in [0.2, 0.25) is 25.3 Å². The summed E-state index contributed by atoms with van der Waals surface area (Å²) in [7, 11) is 0. The van der Waals surface area contributed by atoms with Crippen LogP contribution in [-0.4, -0.2) is 75.9 Å². The normalized spacial score (nSPS) is 21.9. The molecule has 364 valence electrons. The number of aliphatic hydroxyl groups is 2. The first-order chi connectivity index (χ1) is 34.2. The van der Waals surface area contributed by atoms with Crippen LogP contribution in [0.25, 0.3) is 21.8 Å². The molecule has 2 saturated carbocycles. The standard InChI is InChI=1S/C29H34N2O5.C26H30N2O5/c1-27(2,3)25-13-18-12-20(7-8-22(18)31(25)15-21-16-35-28(4,5)36-21)30-26(32)29(10-11-29)19-6-9-23-24(14-19)34-17-33-23;1-25(2,3)23-11-16-10-18(5-6-20(16)28(23)13-19(30)14-29)27-24(31)26(8-9-26)17-4-7-21-22(12-17)33-15-32-21/h6-9,12-14,21H,10-11,15-17H2,1-5H3,(H,30,32);4-7,10-12,19,29-30H,8-9,13-15H2,1-3H3,(H,27,31)/t21-;19-/m11/s1/i17D2;15D2. The molecule has 0 unspecified atom stereocenters. The summed E-state index contributed by atoms with van der Waals surface area (Å²) in [5.41, 5.74) is 5.64. The average molecular weight is 945 g/mol. The summed E-state index contributed by atoms with van der Waals surface area (Å²) >= 11 is 0. The zero-order chi connectivity index (χ0) is 52.3. The third kappa shape index (κ3) is 9.04. The van der Waals surface area contributed by atoms with Gasteiger partial charge in [-0.1, -0.05) is 53.7 Å². The summed E-state index contributed by atoms with van der Waals surface area (Å²) in [5, 5.41) is 27.6. The number of carbonyl (C=O) groups is 2. The van der Waals surface area contributed by atoms with Crippen molar-refractivity contribution in [3.63, 3.8) is 0 Å². The second-order valence-electron chi connectivity index (χ2n) is 21.6. The number of aromatic nitrogens is 2. The number of anilines is 2. The first kappa shape index (κ1) is 41.9. The van der Waals surface area contributed by atoms with Gasteiger partial charge in [-0.25, -0.2) is 0 Å². The number of nitrogens with zero attached hydrogens (tertiary/aromatic N) is 2. The van der Waals surface area contributed by atoms with Crippen LogP contribution >= 0.6 is 0 Å². The Morgan fingerprint density at radius 2 is 1.14 bits per heavy atom. The minimum atomic E-state index is -2.20. The average Bonchev–Trinajstić information content (AvgIpc) is 4.10. The molecular weight excluding hydrogens is 877 g/mol. The monoisotopic (exact) mass is 944 g/mol. The van der Waals surface area contributed by atoms with Crippen molar-refractivity contribution in [2.75, 3.05) is 37.3 Å². The Balaban J connectivity index is 0.000000168. The van der Waals surface area contributed by atoms with Gasteiger partial charge in [0, 0.05) is 55.4 Å². The Bertz CT molecular complexity index is 3160. The summed E-state index contributed by atoms with van der Waals surface area (Å²) in [6.07, 6.45) is 1.93. The van der Waals surface area contributed by atoms with E-state index in [4.69, 9.17) is 33.9 Å². The minimum Gasteiger partial charge on any atom is -0.454 e. The quantitative estimate of drug-likeness (QED) is 0.0985. The lowest BCUT2D eigenvalue weighted by Crippen LogP contribution is -2.27. The predicted molar refractivity (Wildman–Crippen MR) is 263 cm³/mol. The van der Waals surface area contributed by atoms with Gasteiger partial charge in [-0.3, -0.25) is 9.59 Å². The van der Waals surface area contributed by atoms with Crippen molar-refractivity contribution >= 4 is 45.0 Å². The fourth-order valence-electron chi connectivity index (χ4n) is 9.86. The van der Waals surface area contributed by atoms with Gasteiger partial charge >= 0.3 is 0 Å². The summed E-state index contributed by atoms with van der Waals surface area (Å²) in [6, 6.07) is 26.3. The van der Waals surface area contributed by atoms with Crippen LogP contribution in [0.4, 0.5) is 11.4 Å². The molecule has 3 aliphatic heterocycles. The second-order valence-corrected chi connectivity index (χ2v) is 21.6.